The van der Waals surface area contributed by atoms with Gasteiger partial charge < -0.3 is 15.8 Å². The zero-order valence-corrected chi connectivity index (χ0v) is 11.9. The second kappa shape index (κ2) is 6.00. The molecule has 0 amide bonds. The van der Waals surface area contributed by atoms with Crippen LogP contribution in [-0.2, 0) is 0 Å². The van der Waals surface area contributed by atoms with Gasteiger partial charge in [-0.1, -0.05) is 20.8 Å². The molecule has 0 fully saturated rings. The molecule has 0 bridgehead atoms. The highest BCUT2D eigenvalue weighted by atomic mass is 16.5. The second-order valence-electron chi connectivity index (χ2n) is 5.37. The fourth-order valence-corrected chi connectivity index (χ4v) is 1.64. The molecule has 0 aliphatic heterocycles. The lowest BCUT2D eigenvalue weighted by atomic mass is 9.87. The van der Waals surface area contributed by atoms with Crippen LogP contribution in [0.15, 0.2) is 6.07 Å². The summed E-state index contributed by atoms with van der Waals surface area (Å²) in [5.74, 6) is 2.04. The maximum atomic E-state index is 5.80. The molecule has 0 spiro atoms. The SMILES string of the molecule is CCOc1cc(NC(CN)C(C)(C)C)nc(C)n1. The van der Waals surface area contributed by atoms with E-state index in [1.165, 1.54) is 0 Å². The fraction of sp³-hybridized carbons (Fsp3) is 0.692. The molecule has 0 radical (unpaired) electrons. The van der Waals surface area contributed by atoms with Crippen molar-refractivity contribution < 1.29 is 4.74 Å². The first kappa shape index (κ1) is 14.7. The molecule has 0 saturated heterocycles. The molecule has 3 N–H and O–H groups in total. The number of anilines is 1. The molecule has 18 heavy (non-hydrogen) atoms. The third-order valence-corrected chi connectivity index (χ3v) is 2.71. The van der Waals surface area contributed by atoms with Crippen LogP contribution < -0.4 is 15.8 Å². The number of hydrogen-bond donors (Lipinski definition) is 2. The molecule has 1 aromatic heterocycles. The molecular formula is C13H24N4O. The van der Waals surface area contributed by atoms with Crippen molar-refractivity contribution in [3.8, 4) is 5.88 Å². The number of aromatic nitrogens is 2. The molecule has 1 atom stereocenters. The van der Waals surface area contributed by atoms with Crippen molar-refractivity contribution in [1.82, 2.24) is 9.97 Å². The Kier molecular flexibility index (Phi) is 4.90. The third-order valence-electron chi connectivity index (χ3n) is 2.71. The smallest absolute Gasteiger partial charge is 0.218 e. The van der Waals surface area contributed by atoms with Crippen LogP contribution in [0.2, 0.25) is 0 Å². The summed E-state index contributed by atoms with van der Waals surface area (Å²) in [6.45, 7) is 11.4. The average Bonchev–Trinajstić information content (AvgIpc) is 2.24. The van der Waals surface area contributed by atoms with Crippen molar-refractivity contribution in [1.29, 1.82) is 0 Å². The van der Waals surface area contributed by atoms with Gasteiger partial charge >= 0.3 is 0 Å². The molecule has 1 aromatic rings. The Morgan fingerprint density at radius 3 is 2.56 bits per heavy atom. The highest BCUT2D eigenvalue weighted by Crippen LogP contribution is 2.23. The lowest BCUT2D eigenvalue weighted by Crippen LogP contribution is -2.40. The van der Waals surface area contributed by atoms with Crippen molar-refractivity contribution in [3.05, 3.63) is 11.9 Å². The molecule has 0 aliphatic rings. The highest BCUT2D eigenvalue weighted by molar-refractivity contribution is 5.40. The van der Waals surface area contributed by atoms with Gasteiger partial charge in [0.15, 0.2) is 0 Å². The largest absolute Gasteiger partial charge is 0.478 e. The number of aryl methyl sites for hydroxylation is 1. The predicted octanol–water partition coefficient (Wildman–Crippen LogP) is 1.97. The first-order chi connectivity index (χ1) is 8.36. The molecule has 1 rings (SSSR count). The summed E-state index contributed by atoms with van der Waals surface area (Å²) < 4.78 is 5.41. The van der Waals surface area contributed by atoms with Crippen LogP contribution in [0.25, 0.3) is 0 Å². The minimum Gasteiger partial charge on any atom is -0.478 e. The van der Waals surface area contributed by atoms with Gasteiger partial charge in [-0.2, -0.15) is 4.98 Å². The van der Waals surface area contributed by atoms with E-state index in [4.69, 9.17) is 10.5 Å². The quantitative estimate of drug-likeness (QED) is 0.838. The zero-order valence-electron chi connectivity index (χ0n) is 11.9. The zero-order chi connectivity index (χ0) is 13.8. The van der Waals surface area contributed by atoms with Crippen molar-refractivity contribution in [2.75, 3.05) is 18.5 Å². The summed E-state index contributed by atoms with van der Waals surface area (Å²) >= 11 is 0. The number of ether oxygens (including phenoxy) is 1. The van der Waals surface area contributed by atoms with Crippen LogP contribution >= 0.6 is 0 Å². The third kappa shape index (κ3) is 4.14. The Morgan fingerprint density at radius 2 is 2.06 bits per heavy atom. The molecule has 0 aromatic carbocycles. The molecule has 5 nitrogen and oxygen atoms in total. The van der Waals surface area contributed by atoms with Crippen LogP contribution in [-0.4, -0.2) is 29.2 Å². The van der Waals surface area contributed by atoms with E-state index in [2.05, 4.69) is 36.1 Å². The number of rotatable bonds is 5. The van der Waals surface area contributed by atoms with Crippen molar-refractivity contribution in [3.63, 3.8) is 0 Å². The Hall–Kier alpha value is -1.36. The molecular weight excluding hydrogens is 228 g/mol. The van der Waals surface area contributed by atoms with E-state index in [-0.39, 0.29) is 11.5 Å². The van der Waals surface area contributed by atoms with E-state index in [0.29, 0.717) is 24.9 Å². The summed E-state index contributed by atoms with van der Waals surface area (Å²) in [7, 11) is 0. The summed E-state index contributed by atoms with van der Waals surface area (Å²) in [4.78, 5) is 8.57. The van der Waals surface area contributed by atoms with Crippen LogP contribution in [0.5, 0.6) is 5.88 Å². The summed E-state index contributed by atoms with van der Waals surface area (Å²) in [6.07, 6.45) is 0. The number of hydrogen-bond acceptors (Lipinski definition) is 5. The second-order valence-corrected chi connectivity index (χ2v) is 5.37. The first-order valence-corrected chi connectivity index (χ1v) is 6.32. The van der Waals surface area contributed by atoms with Gasteiger partial charge in [0.05, 0.1) is 6.61 Å². The summed E-state index contributed by atoms with van der Waals surface area (Å²) in [6, 6.07) is 1.96. The number of nitrogens with two attached hydrogens (primary N) is 1. The minimum atomic E-state index is 0.0688. The van der Waals surface area contributed by atoms with Crippen molar-refractivity contribution >= 4 is 5.82 Å². The highest BCUT2D eigenvalue weighted by Gasteiger charge is 2.23. The monoisotopic (exact) mass is 252 g/mol. The van der Waals surface area contributed by atoms with Gasteiger partial charge in [-0.3, -0.25) is 0 Å². The van der Waals surface area contributed by atoms with Gasteiger partial charge in [0.1, 0.15) is 11.6 Å². The van der Waals surface area contributed by atoms with Crippen molar-refractivity contribution in [2.24, 2.45) is 11.1 Å². The molecule has 102 valence electrons. The fourth-order valence-electron chi connectivity index (χ4n) is 1.64. The molecule has 1 unspecified atom stereocenters. The lowest BCUT2D eigenvalue weighted by molar-refractivity contribution is 0.324. The van der Waals surface area contributed by atoms with Gasteiger partial charge in [-0.05, 0) is 19.3 Å². The van der Waals surface area contributed by atoms with E-state index in [1.54, 1.807) is 0 Å². The first-order valence-electron chi connectivity index (χ1n) is 6.32. The average molecular weight is 252 g/mol. The maximum Gasteiger partial charge on any atom is 0.218 e. The van der Waals surface area contributed by atoms with Gasteiger partial charge in [0.25, 0.3) is 0 Å². The van der Waals surface area contributed by atoms with Crippen LogP contribution in [0.4, 0.5) is 5.82 Å². The minimum absolute atomic E-state index is 0.0688. The van der Waals surface area contributed by atoms with Gasteiger partial charge in [0, 0.05) is 18.7 Å². The van der Waals surface area contributed by atoms with Crippen LogP contribution in [0.1, 0.15) is 33.5 Å². The van der Waals surface area contributed by atoms with E-state index in [0.717, 1.165) is 5.82 Å². The Bertz CT molecular complexity index is 387. The lowest BCUT2D eigenvalue weighted by Gasteiger charge is -2.30. The van der Waals surface area contributed by atoms with E-state index in [1.807, 2.05) is 19.9 Å². The van der Waals surface area contributed by atoms with E-state index < -0.39 is 0 Å². The standard InChI is InChI=1S/C13H24N4O/c1-6-18-12-7-11(15-9(2)16-12)17-10(8-14)13(3,4)5/h7,10H,6,8,14H2,1-5H3,(H,15,16,17). The molecule has 0 aliphatic carbocycles. The van der Waals surface area contributed by atoms with E-state index in [9.17, 15) is 0 Å². The maximum absolute atomic E-state index is 5.80. The van der Waals surface area contributed by atoms with Crippen LogP contribution in [0.3, 0.4) is 0 Å². The Labute approximate surface area is 109 Å². The summed E-state index contributed by atoms with van der Waals surface area (Å²) in [5, 5.41) is 3.35. The molecule has 0 saturated carbocycles. The van der Waals surface area contributed by atoms with Gasteiger partial charge in [-0.15, -0.1) is 0 Å². The van der Waals surface area contributed by atoms with Gasteiger partial charge in [0.2, 0.25) is 5.88 Å². The Morgan fingerprint density at radius 1 is 1.39 bits per heavy atom. The molecule has 1 heterocycles. The normalized spacial score (nSPS) is 13.2. The number of nitrogens with one attached hydrogen (secondary N) is 1. The van der Waals surface area contributed by atoms with Crippen molar-refractivity contribution in [2.45, 2.75) is 40.7 Å². The summed E-state index contributed by atoms with van der Waals surface area (Å²) in [5.41, 5.74) is 5.87. The predicted molar refractivity (Wildman–Crippen MR) is 73.9 cm³/mol. The Balaban J connectivity index is 2.89. The van der Waals surface area contributed by atoms with Crippen LogP contribution in [0, 0.1) is 12.3 Å². The van der Waals surface area contributed by atoms with Gasteiger partial charge in [-0.25, -0.2) is 4.98 Å². The van der Waals surface area contributed by atoms with E-state index >= 15 is 0 Å². The topological polar surface area (TPSA) is 73.1 Å². The number of nitrogens with zero attached hydrogens (tertiary/aromatic N) is 2. The molecule has 5 heteroatoms.